The van der Waals surface area contributed by atoms with E-state index in [0.717, 1.165) is 60.4 Å². The van der Waals surface area contributed by atoms with E-state index in [2.05, 4.69) is 19.2 Å². The summed E-state index contributed by atoms with van der Waals surface area (Å²) in [5.74, 6) is 1.76. The van der Waals surface area contributed by atoms with E-state index in [-0.39, 0.29) is 12.0 Å². The van der Waals surface area contributed by atoms with Crippen LogP contribution in [0, 0.1) is 6.92 Å². The Hall–Kier alpha value is -2.49. The molecule has 0 spiro atoms. The molecule has 0 aromatic heterocycles. The lowest BCUT2D eigenvalue weighted by Crippen LogP contribution is -2.38. The van der Waals surface area contributed by atoms with Gasteiger partial charge in [0, 0.05) is 5.69 Å². The highest BCUT2D eigenvalue weighted by molar-refractivity contribution is 5.99. The first-order valence-corrected chi connectivity index (χ1v) is 10.2. The minimum atomic E-state index is -0.466. The lowest BCUT2D eigenvalue weighted by molar-refractivity contribution is -0.121. The highest BCUT2D eigenvalue weighted by Gasteiger charge is 2.42. The molecule has 1 aliphatic rings. The minimum absolute atomic E-state index is 0.0742. The van der Waals surface area contributed by atoms with E-state index in [1.807, 2.05) is 49.4 Å². The fourth-order valence-electron chi connectivity index (χ4n) is 3.95. The first-order chi connectivity index (χ1) is 13.5. The van der Waals surface area contributed by atoms with Gasteiger partial charge >= 0.3 is 0 Å². The third-order valence-corrected chi connectivity index (χ3v) is 5.87. The second kappa shape index (κ2) is 8.68. The molecule has 1 amide bonds. The normalized spacial score (nSPS) is 16.4. The Kier molecular flexibility index (Phi) is 6.28. The van der Waals surface area contributed by atoms with Crippen molar-refractivity contribution in [3.63, 3.8) is 0 Å². The van der Waals surface area contributed by atoms with Crippen LogP contribution in [0.15, 0.2) is 42.5 Å². The van der Waals surface area contributed by atoms with Crippen molar-refractivity contribution >= 4 is 11.6 Å². The SMILES string of the molecule is CC[C@@H](C)Oc1ccc(NC(=O)C2(c3ccc(OC)cc3)CCCC2)cc1C. The number of carbonyl (C=O) groups excluding carboxylic acids is 1. The van der Waals surface area contributed by atoms with Crippen molar-refractivity contribution < 1.29 is 14.3 Å². The van der Waals surface area contributed by atoms with Crippen molar-refractivity contribution in [3.8, 4) is 11.5 Å². The van der Waals surface area contributed by atoms with E-state index in [9.17, 15) is 4.79 Å². The van der Waals surface area contributed by atoms with Crippen molar-refractivity contribution in [1.29, 1.82) is 0 Å². The molecule has 150 valence electrons. The summed E-state index contributed by atoms with van der Waals surface area (Å²) in [5.41, 5.74) is 2.45. The van der Waals surface area contributed by atoms with Gasteiger partial charge in [-0.05, 0) is 74.6 Å². The lowest BCUT2D eigenvalue weighted by Gasteiger charge is -2.28. The van der Waals surface area contributed by atoms with Crippen LogP contribution in [0.5, 0.6) is 11.5 Å². The molecule has 1 N–H and O–H groups in total. The second-order valence-corrected chi connectivity index (χ2v) is 7.79. The van der Waals surface area contributed by atoms with E-state index in [1.165, 1.54) is 0 Å². The van der Waals surface area contributed by atoms with Gasteiger partial charge in [0.15, 0.2) is 0 Å². The van der Waals surface area contributed by atoms with Gasteiger partial charge in [0.25, 0.3) is 0 Å². The van der Waals surface area contributed by atoms with E-state index in [4.69, 9.17) is 9.47 Å². The van der Waals surface area contributed by atoms with Crippen LogP contribution in [0.1, 0.15) is 57.1 Å². The summed E-state index contributed by atoms with van der Waals surface area (Å²) in [6, 6.07) is 13.8. The molecule has 1 atom stereocenters. The van der Waals surface area contributed by atoms with Gasteiger partial charge < -0.3 is 14.8 Å². The molecule has 4 heteroatoms. The van der Waals surface area contributed by atoms with Crippen LogP contribution in [0.4, 0.5) is 5.69 Å². The maximum atomic E-state index is 13.3. The largest absolute Gasteiger partial charge is 0.497 e. The van der Waals surface area contributed by atoms with Gasteiger partial charge in [0.2, 0.25) is 5.91 Å². The van der Waals surface area contributed by atoms with Gasteiger partial charge in [-0.25, -0.2) is 0 Å². The van der Waals surface area contributed by atoms with Crippen LogP contribution >= 0.6 is 0 Å². The Morgan fingerprint density at radius 1 is 1.14 bits per heavy atom. The molecule has 0 bridgehead atoms. The number of methoxy groups -OCH3 is 1. The van der Waals surface area contributed by atoms with E-state index < -0.39 is 5.41 Å². The predicted octanol–water partition coefficient (Wildman–Crippen LogP) is 5.63. The fraction of sp³-hybridized carbons (Fsp3) is 0.458. The first-order valence-electron chi connectivity index (χ1n) is 10.2. The number of anilines is 1. The molecule has 1 fully saturated rings. The zero-order valence-corrected chi connectivity index (χ0v) is 17.4. The standard InChI is InChI=1S/C24H31NO3/c1-5-18(3)28-22-13-10-20(16-17(22)2)25-23(26)24(14-6-7-15-24)19-8-11-21(27-4)12-9-19/h8-13,16,18H,5-7,14-15H2,1-4H3,(H,25,26)/t18-/m1/s1. The summed E-state index contributed by atoms with van der Waals surface area (Å²) in [4.78, 5) is 13.3. The number of rotatable bonds is 7. The molecule has 0 radical (unpaired) electrons. The van der Waals surface area contributed by atoms with Crippen molar-refractivity contribution in [2.75, 3.05) is 12.4 Å². The Bertz CT molecular complexity index is 807. The average Bonchev–Trinajstić information content (AvgIpc) is 3.21. The molecule has 4 nitrogen and oxygen atoms in total. The summed E-state index contributed by atoms with van der Waals surface area (Å²) in [7, 11) is 1.66. The zero-order chi connectivity index (χ0) is 20.1. The van der Waals surface area contributed by atoms with E-state index >= 15 is 0 Å². The minimum Gasteiger partial charge on any atom is -0.497 e. The number of benzene rings is 2. The van der Waals surface area contributed by atoms with Gasteiger partial charge in [-0.3, -0.25) is 4.79 Å². The summed E-state index contributed by atoms with van der Waals surface area (Å²) < 4.78 is 11.2. The Labute approximate surface area is 168 Å². The average molecular weight is 382 g/mol. The highest BCUT2D eigenvalue weighted by atomic mass is 16.5. The van der Waals surface area contributed by atoms with Gasteiger partial charge in [-0.1, -0.05) is 31.9 Å². The molecule has 28 heavy (non-hydrogen) atoms. The molecule has 1 aliphatic carbocycles. The summed E-state index contributed by atoms with van der Waals surface area (Å²) in [6.07, 6.45) is 5.03. The molecule has 2 aromatic rings. The number of aryl methyl sites for hydroxylation is 1. The van der Waals surface area contributed by atoms with E-state index in [0.29, 0.717) is 0 Å². The zero-order valence-electron chi connectivity index (χ0n) is 17.4. The number of hydrogen-bond donors (Lipinski definition) is 1. The van der Waals surface area contributed by atoms with Crippen molar-refractivity contribution in [2.45, 2.75) is 64.4 Å². The van der Waals surface area contributed by atoms with Gasteiger partial charge in [0.05, 0.1) is 18.6 Å². The van der Waals surface area contributed by atoms with Gasteiger partial charge in [-0.15, -0.1) is 0 Å². The van der Waals surface area contributed by atoms with Crippen molar-refractivity contribution in [3.05, 3.63) is 53.6 Å². The smallest absolute Gasteiger partial charge is 0.235 e. The summed E-state index contributed by atoms with van der Waals surface area (Å²) >= 11 is 0. The lowest BCUT2D eigenvalue weighted by atomic mass is 9.78. The van der Waals surface area contributed by atoms with Gasteiger partial charge in [-0.2, -0.15) is 0 Å². The Morgan fingerprint density at radius 2 is 1.82 bits per heavy atom. The van der Waals surface area contributed by atoms with Crippen LogP contribution in [-0.2, 0) is 10.2 Å². The number of nitrogens with one attached hydrogen (secondary N) is 1. The van der Waals surface area contributed by atoms with E-state index in [1.54, 1.807) is 7.11 Å². The second-order valence-electron chi connectivity index (χ2n) is 7.79. The first kappa shape index (κ1) is 20.2. The number of carbonyl (C=O) groups is 1. The molecular formula is C24H31NO3. The van der Waals surface area contributed by atoms with Crippen LogP contribution < -0.4 is 14.8 Å². The summed E-state index contributed by atoms with van der Waals surface area (Å²) in [6.45, 7) is 6.19. The number of ether oxygens (including phenoxy) is 2. The Balaban J connectivity index is 1.80. The van der Waals surface area contributed by atoms with Crippen LogP contribution in [-0.4, -0.2) is 19.1 Å². The molecule has 1 saturated carbocycles. The Morgan fingerprint density at radius 3 is 2.39 bits per heavy atom. The van der Waals surface area contributed by atoms with Crippen LogP contribution in [0.2, 0.25) is 0 Å². The topological polar surface area (TPSA) is 47.6 Å². The molecular weight excluding hydrogens is 350 g/mol. The van der Waals surface area contributed by atoms with Crippen molar-refractivity contribution in [1.82, 2.24) is 0 Å². The highest BCUT2D eigenvalue weighted by Crippen LogP contribution is 2.42. The van der Waals surface area contributed by atoms with Crippen LogP contribution in [0.3, 0.4) is 0 Å². The maximum absolute atomic E-state index is 13.3. The molecule has 0 heterocycles. The molecule has 2 aromatic carbocycles. The third kappa shape index (κ3) is 4.16. The number of amides is 1. The molecule has 0 unspecified atom stereocenters. The molecule has 0 saturated heterocycles. The monoisotopic (exact) mass is 381 g/mol. The van der Waals surface area contributed by atoms with Crippen LogP contribution in [0.25, 0.3) is 0 Å². The molecule has 3 rings (SSSR count). The van der Waals surface area contributed by atoms with Gasteiger partial charge in [0.1, 0.15) is 11.5 Å². The predicted molar refractivity (Wildman–Crippen MR) is 113 cm³/mol. The van der Waals surface area contributed by atoms with Crippen molar-refractivity contribution in [2.24, 2.45) is 0 Å². The quantitative estimate of drug-likeness (QED) is 0.676. The maximum Gasteiger partial charge on any atom is 0.235 e. The number of hydrogen-bond acceptors (Lipinski definition) is 3. The third-order valence-electron chi connectivity index (χ3n) is 5.87. The fourth-order valence-corrected chi connectivity index (χ4v) is 3.95. The molecule has 0 aliphatic heterocycles. The summed E-state index contributed by atoms with van der Waals surface area (Å²) in [5, 5.41) is 3.16.